The standard InChI is InChI=1S/C33H60O6/c1-3-5-7-9-11-13-15-17-19-21-23-38-32(36)29-25-28(31(34)35)26-30(27-29)33(37)39-24-22-20-18-16-14-12-10-8-6-4-2/h28-30H,3-27H2,1-2H3,(H,34,35). The van der Waals surface area contributed by atoms with Crippen molar-refractivity contribution in [2.45, 2.75) is 162 Å². The lowest BCUT2D eigenvalue weighted by Crippen LogP contribution is -2.36. The van der Waals surface area contributed by atoms with E-state index in [9.17, 15) is 19.5 Å². The molecule has 0 radical (unpaired) electrons. The Morgan fingerprint density at radius 3 is 1.08 bits per heavy atom. The quantitative estimate of drug-likeness (QED) is 0.0897. The summed E-state index contributed by atoms with van der Waals surface area (Å²) in [5.41, 5.74) is 0. The van der Waals surface area contributed by atoms with Crippen LogP contribution in [-0.2, 0) is 23.9 Å². The molecule has 1 aliphatic carbocycles. The molecule has 6 heteroatoms. The second kappa shape index (κ2) is 24.2. The summed E-state index contributed by atoms with van der Waals surface area (Å²) in [5, 5.41) is 9.59. The third-order valence-electron chi connectivity index (χ3n) is 8.21. The molecule has 1 fully saturated rings. The van der Waals surface area contributed by atoms with Gasteiger partial charge in [0.25, 0.3) is 0 Å². The molecule has 0 spiro atoms. The Morgan fingerprint density at radius 2 is 0.769 bits per heavy atom. The van der Waals surface area contributed by atoms with Crippen LogP contribution in [0, 0.1) is 17.8 Å². The molecule has 1 aliphatic rings. The summed E-state index contributed by atoms with van der Waals surface area (Å²) in [5.74, 6) is -3.46. The van der Waals surface area contributed by atoms with Gasteiger partial charge in [0, 0.05) is 0 Å². The SMILES string of the molecule is CCCCCCCCCCCCOC(=O)C1CC(C(=O)O)CC(C(=O)OCCCCCCCCCCCC)C1. The van der Waals surface area contributed by atoms with Gasteiger partial charge in [-0.1, -0.05) is 129 Å². The number of unbranched alkanes of at least 4 members (excludes halogenated alkanes) is 18. The van der Waals surface area contributed by atoms with Crippen LogP contribution in [0.5, 0.6) is 0 Å². The van der Waals surface area contributed by atoms with Gasteiger partial charge < -0.3 is 14.6 Å². The monoisotopic (exact) mass is 552 g/mol. The number of carboxylic acids is 1. The fourth-order valence-electron chi connectivity index (χ4n) is 5.67. The topological polar surface area (TPSA) is 89.9 Å². The van der Waals surface area contributed by atoms with E-state index >= 15 is 0 Å². The number of rotatable bonds is 25. The molecule has 2 unspecified atom stereocenters. The maximum absolute atomic E-state index is 12.7. The van der Waals surface area contributed by atoms with Gasteiger partial charge in [-0.05, 0) is 32.1 Å². The summed E-state index contributed by atoms with van der Waals surface area (Å²) >= 11 is 0. The van der Waals surface area contributed by atoms with E-state index < -0.39 is 23.7 Å². The Bertz CT molecular complexity index is 588. The zero-order valence-corrected chi connectivity index (χ0v) is 25.4. The lowest BCUT2D eigenvalue weighted by Gasteiger charge is -2.30. The molecule has 1 saturated carbocycles. The molecule has 0 heterocycles. The molecule has 0 aliphatic heterocycles. The number of carboxylic acid groups (broad SMARTS) is 1. The minimum Gasteiger partial charge on any atom is -0.481 e. The molecule has 0 saturated heterocycles. The second-order valence-corrected chi connectivity index (χ2v) is 11.8. The van der Waals surface area contributed by atoms with E-state index in [-0.39, 0.29) is 24.8 Å². The van der Waals surface area contributed by atoms with Crippen molar-refractivity contribution in [2.75, 3.05) is 13.2 Å². The highest BCUT2D eigenvalue weighted by molar-refractivity contribution is 5.79. The first-order valence-electron chi connectivity index (χ1n) is 16.6. The van der Waals surface area contributed by atoms with Crippen molar-refractivity contribution >= 4 is 17.9 Å². The van der Waals surface area contributed by atoms with Crippen LogP contribution in [0.4, 0.5) is 0 Å². The fourth-order valence-corrected chi connectivity index (χ4v) is 5.67. The van der Waals surface area contributed by atoms with E-state index in [0.717, 1.165) is 38.5 Å². The van der Waals surface area contributed by atoms with E-state index in [0.29, 0.717) is 19.6 Å². The average Bonchev–Trinajstić information content (AvgIpc) is 2.94. The van der Waals surface area contributed by atoms with Crippen LogP contribution >= 0.6 is 0 Å². The van der Waals surface area contributed by atoms with Crippen molar-refractivity contribution in [2.24, 2.45) is 17.8 Å². The van der Waals surface area contributed by atoms with Crippen molar-refractivity contribution in [1.29, 1.82) is 0 Å². The normalized spacial score (nSPS) is 19.1. The molecular weight excluding hydrogens is 492 g/mol. The first-order valence-corrected chi connectivity index (χ1v) is 16.6. The number of hydrogen-bond donors (Lipinski definition) is 1. The molecule has 39 heavy (non-hydrogen) atoms. The minimum atomic E-state index is -0.949. The van der Waals surface area contributed by atoms with Gasteiger partial charge in [-0.3, -0.25) is 14.4 Å². The Kier molecular flexibility index (Phi) is 22.0. The van der Waals surface area contributed by atoms with Crippen molar-refractivity contribution in [3.05, 3.63) is 0 Å². The fraction of sp³-hybridized carbons (Fsp3) is 0.909. The molecule has 0 aromatic rings. The van der Waals surface area contributed by atoms with Crippen LogP contribution < -0.4 is 0 Å². The van der Waals surface area contributed by atoms with Crippen LogP contribution in [-0.4, -0.2) is 36.2 Å². The summed E-state index contributed by atoms with van der Waals surface area (Å²) in [4.78, 5) is 37.1. The van der Waals surface area contributed by atoms with E-state index in [2.05, 4.69) is 13.8 Å². The molecular formula is C33H60O6. The lowest BCUT2D eigenvalue weighted by atomic mass is 9.75. The van der Waals surface area contributed by atoms with Gasteiger partial charge in [-0.15, -0.1) is 0 Å². The van der Waals surface area contributed by atoms with Crippen LogP contribution in [0.3, 0.4) is 0 Å². The Balaban J connectivity index is 2.21. The van der Waals surface area contributed by atoms with E-state index in [1.165, 1.54) is 89.9 Å². The van der Waals surface area contributed by atoms with Crippen molar-refractivity contribution in [3.8, 4) is 0 Å². The molecule has 6 nitrogen and oxygen atoms in total. The molecule has 0 amide bonds. The van der Waals surface area contributed by atoms with Crippen LogP contribution in [0.2, 0.25) is 0 Å². The first kappa shape index (κ1) is 35.4. The molecule has 228 valence electrons. The maximum atomic E-state index is 12.7. The number of hydrogen-bond acceptors (Lipinski definition) is 5. The summed E-state index contributed by atoms with van der Waals surface area (Å²) in [6.45, 7) is 5.21. The lowest BCUT2D eigenvalue weighted by molar-refractivity contribution is -0.159. The third-order valence-corrected chi connectivity index (χ3v) is 8.21. The minimum absolute atomic E-state index is 0.244. The van der Waals surface area contributed by atoms with Gasteiger partial charge in [0.15, 0.2) is 0 Å². The van der Waals surface area contributed by atoms with Gasteiger partial charge in [-0.25, -0.2) is 0 Å². The van der Waals surface area contributed by atoms with Crippen molar-refractivity contribution < 1.29 is 29.0 Å². The smallest absolute Gasteiger partial charge is 0.308 e. The second-order valence-electron chi connectivity index (χ2n) is 11.8. The number of carbonyl (C=O) groups is 3. The highest BCUT2D eigenvalue weighted by Gasteiger charge is 2.40. The molecule has 1 rings (SSSR count). The highest BCUT2D eigenvalue weighted by Crippen LogP contribution is 2.35. The van der Waals surface area contributed by atoms with Crippen molar-refractivity contribution in [3.63, 3.8) is 0 Å². The number of ether oxygens (including phenoxy) is 2. The van der Waals surface area contributed by atoms with Crippen LogP contribution in [0.25, 0.3) is 0 Å². The van der Waals surface area contributed by atoms with Gasteiger partial charge in [0.05, 0.1) is 31.0 Å². The summed E-state index contributed by atoms with van der Waals surface area (Å²) in [6, 6.07) is 0. The largest absolute Gasteiger partial charge is 0.481 e. The number of carbonyl (C=O) groups excluding carboxylic acids is 2. The Labute approximate surface area is 239 Å². The predicted molar refractivity (Wildman–Crippen MR) is 158 cm³/mol. The highest BCUT2D eigenvalue weighted by atomic mass is 16.5. The summed E-state index contributed by atoms with van der Waals surface area (Å²) in [6.07, 6.45) is 25.1. The zero-order chi connectivity index (χ0) is 28.6. The molecule has 0 aromatic heterocycles. The van der Waals surface area contributed by atoms with Gasteiger partial charge in [0.2, 0.25) is 0 Å². The zero-order valence-electron chi connectivity index (χ0n) is 25.4. The van der Waals surface area contributed by atoms with Gasteiger partial charge in [0.1, 0.15) is 0 Å². The summed E-state index contributed by atoms with van der Waals surface area (Å²) in [7, 11) is 0. The predicted octanol–water partition coefficient (Wildman–Crippen LogP) is 9.03. The van der Waals surface area contributed by atoms with E-state index in [1.807, 2.05) is 0 Å². The van der Waals surface area contributed by atoms with Crippen LogP contribution in [0.1, 0.15) is 162 Å². The first-order chi connectivity index (χ1) is 19.0. The third kappa shape index (κ3) is 18.4. The molecule has 1 N–H and O–H groups in total. The number of aliphatic carboxylic acids is 1. The summed E-state index contributed by atoms with van der Waals surface area (Å²) < 4.78 is 11.0. The van der Waals surface area contributed by atoms with E-state index in [4.69, 9.17) is 9.47 Å². The van der Waals surface area contributed by atoms with Gasteiger partial charge >= 0.3 is 17.9 Å². The molecule has 0 aromatic carbocycles. The average molecular weight is 553 g/mol. The van der Waals surface area contributed by atoms with Gasteiger partial charge in [-0.2, -0.15) is 0 Å². The van der Waals surface area contributed by atoms with Crippen LogP contribution in [0.15, 0.2) is 0 Å². The van der Waals surface area contributed by atoms with Crippen molar-refractivity contribution in [1.82, 2.24) is 0 Å². The Morgan fingerprint density at radius 1 is 0.487 bits per heavy atom. The maximum Gasteiger partial charge on any atom is 0.308 e. The van der Waals surface area contributed by atoms with E-state index in [1.54, 1.807) is 0 Å². The number of esters is 2. The molecule has 0 bridgehead atoms. The molecule has 2 atom stereocenters. The Hall–Kier alpha value is -1.59.